The second-order valence-corrected chi connectivity index (χ2v) is 8.85. The van der Waals surface area contributed by atoms with E-state index in [9.17, 15) is 33.0 Å². The number of hydrogen-bond donors (Lipinski definition) is 4. The van der Waals surface area contributed by atoms with Crippen LogP contribution in [0.5, 0.6) is 0 Å². The maximum absolute atomic E-state index is 12.4. The number of carbonyl (C=O) groups excluding carboxylic acids is 2. The Labute approximate surface area is 180 Å². The van der Waals surface area contributed by atoms with Crippen molar-refractivity contribution in [3.8, 4) is 0 Å². The molecule has 11 nitrogen and oxygen atoms in total. The van der Waals surface area contributed by atoms with Crippen molar-refractivity contribution in [3.05, 3.63) is 35.9 Å². The highest BCUT2D eigenvalue weighted by Crippen LogP contribution is 2.09. The van der Waals surface area contributed by atoms with Crippen LogP contribution in [0.25, 0.3) is 0 Å². The van der Waals surface area contributed by atoms with E-state index in [1.54, 1.807) is 40.1 Å². The van der Waals surface area contributed by atoms with Crippen LogP contribution in [-0.2, 0) is 19.7 Å². The second-order valence-electron chi connectivity index (χ2n) is 7.35. The van der Waals surface area contributed by atoms with Crippen molar-refractivity contribution in [2.24, 2.45) is 0 Å². The molecule has 1 aromatic carbocycles. The van der Waals surface area contributed by atoms with E-state index in [0.29, 0.717) is 31.7 Å². The summed E-state index contributed by atoms with van der Waals surface area (Å²) in [5.74, 6) is -2.76. The van der Waals surface area contributed by atoms with Crippen LogP contribution in [0.4, 0.5) is 0 Å². The Morgan fingerprint density at radius 3 is 2.23 bits per heavy atom. The van der Waals surface area contributed by atoms with E-state index in [1.165, 1.54) is 0 Å². The quantitative estimate of drug-likeness (QED) is 0.324. The summed E-state index contributed by atoms with van der Waals surface area (Å²) in [5, 5.41) is 21.5. The van der Waals surface area contributed by atoms with E-state index in [-0.39, 0.29) is 25.3 Å². The molecule has 2 amide bonds. The lowest BCUT2D eigenvalue weighted by molar-refractivity contribution is -0.140. The Kier molecular flexibility index (Phi) is 8.92. The number of carboxylic acids is 1. The van der Waals surface area contributed by atoms with E-state index in [2.05, 4.69) is 5.32 Å². The van der Waals surface area contributed by atoms with Crippen LogP contribution in [0, 0.1) is 0 Å². The fourth-order valence-corrected chi connectivity index (χ4v) is 3.88. The number of nitrogens with one attached hydrogen (secondary N) is 1. The van der Waals surface area contributed by atoms with Gasteiger partial charge in [0.2, 0.25) is 5.91 Å². The van der Waals surface area contributed by atoms with Crippen LogP contribution in [0.2, 0.25) is 0 Å². The summed E-state index contributed by atoms with van der Waals surface area (Å²) in [6.45, 7) is 1.54. The number of carbonyl (C=O) groups is 3. The van der Waals surface area contributed by atoms with Crippen LogP contribution in [0.15, 0.2) is 30.3 Å². The summed E-state index contributed by atoms with van der Waals surface area (Å²) in [6.07, 6.45) is -1.35. The van der Waals surface area contributed by atoms with Gasteiger partial charge in [-0.2, -0.15) is 8.42 Å². The van der Waals surface area contributed by atoms with Gasteiger partial charge in [-0.25, -0.2) is 4.79 Å². The van der Waals surface area contributed by atoms with E-state index < -0.39 is 39.9 Å². The zero-order valence-electron chi connectivity index (χ0n) is 16.9. The SMILES string of the molecule is O=C(N[C@@H](CCC(=O)N1CCN(CC(O)CS(=O)(=O)O)CC1)C(=O)O)c1ccccc1. The van der Waals surface area contributed by atoms with Gasteiger partial charge >= 0.3 is 5.97 Å². The molecule has 1 heterocycles. The van der Waals surface area contributed by atoms with E-state index >= 15 is 0 Å². The zero-order chi connectivity index (χ0) is 23.0. The third-order valence-corrected chi connectivity index (χ3v) is 5.69. The van der Waals surface area contributed by atoms with Gasteiger partial charge in [0.05, 0.1) is 6.10 Å². The number of aliphatic hydroxyl groups is 1. The number of amides is 2. The number of hydrogen-bond acceptors (Lipinski definition) is 7. The number of aliphatic hydroxyl groups excluding tert-OH is 1. The van der Waals surface area contributed by atoms with E-state index in [0.717, 1.165) is 0 Å². The number of rotatable bonds is 10. The minimum atomic E-state index is -4.27. The van der Waals surface area contributed by atoms with Crippen LogP contribution < -0.4 is 5.32 Å². The standard InChI is InChI=1S/C19H27N3O8S/c23-15(13-31(28,29)30)12-21-8-10-22(11-9-21)17(24)7-6-16(19(26)27)20-18(25)14-4-2-1-3-5-14/h1-5,15-16,23H,6-13H2,(H,20,25)(H,26,27)(H,28,29,30)/t15?,16-/m0/s1. The summed E-state index contributed by atoms with van der Waals surface area (Å²) in [7, 11) is -4.27. The Morgan fingerprint density at radius 1 is 1.06 bits per heavy atom. The van der Waals surface area contributed by atoms with Gasteiger partial charge in [-0.15, -0.1) is 0 Å². The normalized spacial score (nSPS) is 17.0. The maximum atomic E-state index is 12.4. The first kappa shape index (κ1) is 24.7. The van der Waals surface area contributed by atoms with Crippen LogP contribution >= 0.6 is 0 Å². The third-order valence-electron chi connectivity index (χ3n) is 4.88. The number of carboxylic acid groups (broad SMARTS) is 1. The highest BCUT2D eigenvalue weighted by atomic mass is 32.2. The molecule has 1 saturated heterocycles. The fourth-order valence-electron chi connectivity index (χ4n) is 3.29. The van der Waals surface area contributed by atoms with Gasteiger partial charge in [0, 0.05) is 44.7 Å². The monoisotopic (exact) mass is 457 g/mol. The highest BCUT2D eigenvalue weighted by molar-refractivity contribution is 7.85. The zero-order valence-corrected chi connectivity index (χ0v) is 17.7. The van der Waals surface area contributed by atoms with Crippen LogP contribution in [-0.4, -0.2) is 101 Å². The topological polar surface area (TPSA) is 165 Å². The van der Waals surface area contributed by atoms with Crippen molar-refractivity contribution in [2.75, 3.05) is 38.5 Å². The van der Waals surface area contributed by atoms with Crippen molar-refractivity contribution in [1.29, 1.82) is 0 Å². The van der Waals surface area contributed by atoms with Crippen molar-refractivity contribution in [1.82, 2.24) is 15.1 Å². The average molecular weight is 458 g/mol. The number of aliphatic carboxylic acids is 1. The molecule has 1 aliphatic rings. The molecule has 31 heavy (non-hydrogen) atoms. The molecular formula is C19H27N3O8S. The molecule has 0 spiro atoms. The smallest absolute Gasteiger partial charge is 0.326 e. The van der Waals surface area contributed by atoms with Crippen molar-refractivity contribution in [3.63, 3.8) is 0 Å². The summed E-state index contributed by atoms with van der Waals surface area (Å²) in [5.41, 5.74) is 0.326. The molecular weight excluding hydrogens is 430 g/mol. The first-order valence-electron chi connectivity index (χ1n) is 9.77. The Hall–Kier alpha value is -2.54. The first-order chi connectivity index (χ1) is 14.5. The molecule has 0 aliphatic carbocycles. The Morgan fingerprint density at radius 2 is 1.68 bits per heavy atom. The molecule has 172 valence electrons. The van der Waals surface area contributed by atoms with E-state index in [1.807, 2.05) is 0 Å². The third kappa shape index (κ3) is 8.61. The predicted molar refractivity (Wildman–Crippen MR) is 110 cm³/mol. The van der Waals surface area contributed by atoms with Crippen molar-refractivity contribution >= 4 is 27.9 Å². The van der Waals surface area contributed by atoms with Gasteiger partial charge in [-0.3, -0.25) is 19.0 Å². The highest BCUT2D eigenvalue weighted by Gasteiger charge is 2.26. The predicted octanol–water partition coefficient (Wildman–Crippen LogP) is -0.957. The summed E-state index contributed by atoms with van der Waals surface area (Å²) in [6, 6.07) is 6.98. The molecule has 1 fully saturated rings. The van der Waals surface area contributed by atoms with Gasteiger partial charge in [0.25, 0.3) is 16.0 Å². The van der Waals surface area contributed by atoms with Crippen LogP contribution in [0.1, 0.15) is 23.2 Å². The number of piperazine rings is 1. The van der Waals surface area contributed by atoms with Gasteiger partial charge < -0.3 is 20.4 Å². The lowest BCUT2D eigenvalue weighted by Crippen LogP contribution is -2.51. The Bertz CT molecular complexity index is 869. The molecule has 1 aliphatic heterocycles. The van der Waals surface area contributed by atoms with Gasteiger partial charge in [-0.1, -0.05) is 18.2 Å². The molecule has 0 saturated carbocycles. The minimum absolute atomic E-state index is 0.0500. The minimum Gasteiger partial charge on any atom is -0.480 e. The molecule has 0 aromatic heterocycles. The molecule has 1 aromatic rings. The van der Waals surface area contributed by atoms with Crippen LogP contribution in [0.3, 0.4) is 0 Å². The molecule has 0 radical (unpaired) electrons. The van der Waals surface area contributed by atoms with Crippen molar-refractivity contribution in [2.45, 2.75) is 25.0 Å². The Balaban J connectivity index is 1.78. The molecule has 2 atom stereocenters. The van der Waals surface area contributed by atoms with Gasteiger partial charge in [0.15, 0.2) is 0 Å². The first-order valence-corrected chi connectivity index (χ1v) is 11.4. The summed E-state index contributed by atoms with van der Waals surface area (Å²) < 4.78 is 30.4. The molecule has 0 bridgehead atoms. The van der Waals surface area contributed by atoms with Gasteiger partial charge in [0.1, 0.15) is 11.8 Å². The molecule has 12 heteroatoms. The largest absolute Gasteiger partial charge is 0.480 e. The summed E-state index contributed by atoms with van der Waals surface area (Å²) >= 11 is 0. The molecule has 2 rings (SSSR count). The summed E-state index contributed by atoms with van der Waals surface area (Å²) in [4.78, 5) is 39.4. The molecule has 1 unspecified atom stereocenters. The maximum Gasteiger partial charge on any atom is 0.326 e. The molecule has 4 N–H and O–H groups in total. The lowest BCUT2D eigenvalue weighted by Gasteiger charge is -2.35. The fraction of sp³-hybridized carbons (Fsp3) is 0.526. The van der Waals surface area contributed by atoms with Gasteiger partial charge in [-0.05, 0) is 18.6 Å². The average Bonchev–Trinajstić information content (AvgIpc) is 2.70. The lowest BCUT2D eigenvalue weighted by atomic mass is 10.1. The number of nitrogens with zero attached hydrogens (tertiary/aromatic N) is 2. The van der Waals surface area contributed by atoms with Crippen molar-refractivity contribution < 1.29 is 37.6 Å². The number of β-amino-alcohol motifs (C(OH)–C–C–N with tert-alkyl or cyclic N) is 1. The van der Waals surface area contributed by atoms with E-state index in [4.69, 9.17) is 4.55 Å². The number of benzene rings is 1. The second kappa shape index (κ2) is 11.2.